The Balaban J connectivity index is 1.95. The number of nitrogens with zero attached hydrogens (tertiary/aromatic N) is 1. The highest BCUT2D eigenvalue weighted by molar-refractivity contribution is 6.32. The van der Waals surface area contributed by atoms with Gasteiger partial charge in [0.2, 0.25) is 0 Å². The van der Waals surface area contributed by atoms with Crippen LogP contribution in [-0.4, -0.2) is 23.5 Å². The number of carbonyl (C=O) groups excluding carboxylic acids is 2. The number of hydrogen-bond acceptors (Lipinski definition) is 4. The Morgan fingerprint density at radius 1 is 1.21 bits per heavy atom. The first-order valence-corrected chi connectivity index (χ1v) is 7.98. The number of ether oxygens (including phenoxy) is 1. The molecule has 0 atom stereocenters. The largest absolute Gasteiger partial charge is 0.452 e. The van der Waals surface area contributed by atoms with Crippen molar-refractivity contribution in [3.63, 3.8) is 0 Å². The summed E-state index contributed by atoms with van der Waals surface area (Å²) in [6, 6.07) is 9.22. The Kier molecular flexibility index (Phi) is 5.93. The summed E-state index contributed by atoms with van der Waals surface area (Å²) in [5.74, 6) is -1.08. The van der Waals surface area contributed by atoms with Crippen LogP contribution in [0.1, 0.15) is 34.1 Å². The molecule has 1 heterocycles. The Bertz CT molecular complexity index is 734. The maximum atomic E-state index is 12.1. The second kappa shape index (κ2) is 7.93. The maximum absolute atomic E-state index is 12.1. The molecule has 0 spiro atoms. The topological polar surface area (TPSA) is 68.3 Å². The Labute approximate surface area is 146 Å². The Morgan fingerprint density at radius 2 is 1.88 bits per heavy atom. The van der Waals surface area contributed by atoms with Gasteiger partial charge in [-0.1, -0.05) is 30.7 Å². The van der Waals surface area contributed by atoms with Crippen LogP contribution in [0.15, 0.2) is 30.3 Å². The second-order valence-corrected chi connectivity index (χ2v) is 5.78. The average Bonchev–Trinajstić information content (AvgIpc) is 2.52. The molecule has 0 aliphatic carbocycles. The summed E-state index contributed by atoms with van der Waals surface area (Å²) in [6.45, 7) is 5.19. The molecule has 0 radical (unpaired) electrons. The van der Waals surface area contributed by atoms with Crippen LogP contribution in [0.2, 0.25) is 5.15 Å². The minimum absolute atomic E-state index is 0.0769. The summed E-state index contributed by atoms with van der Waals surface area (Å²) in [5, 5.41) is 2.75. The highest BCUT2D eigenvalue weighted by atomic mass is 35.5. The van der Waals surface area contributed by atoms with Crippen LogP contribution in [0.4, 0.5) is 5.69 Å². The van der Waals surface area contributed by atoms with Crippen molar-refractivity contribution < 1.29 is 14.3 Å². The molecule has 0 unspecified atom stereocenters. The molecule has 0 fully saturated rings. The average molecular weight is 347 g/mol. The predicted octanol–water partition coefficient (Wildman–Crippen LogP) is 3.71. The second-order valence-electron chi connectivity index (χ2n) is 5.42. The number of pyridine rings is 1. The molecule has 1 aromatic carbocycles. The van der Waals surface area contributed by atoms with E-state index in [0.29, 0.717) is 16.9 Å². The van der Waals surface area contributed by atoms with Crippen molar-refractivity contribution in [2.45, 2.75) is 27.2 Å². The van der Waals surface area contributed by atoms with Crippen molar-refractivity contribution in [1.29, 1.82) is 0 Å². The molecule has 0 saturated carbocycles. The summed E-state index contributed by atoms with van der Waals surface area (Å²) in [6.07, 6.45) is 0.927. The van der Waals surface area contributed by atoms with Gasteiger partial charge in [-0.2, -0.15) is 0 Å². The van der Waals surface area contributed by atoms with Crippen molar-refractivity contribution in [3.05, 3.63) is 57.9 Å². The molecule has 0 aliphatic rings. The van der Waals surface area contributed by atoms with E-state index in [9.17, 15) is 9.59 Å². The predicted molar refractivity (Wildman–Crippen MR) is 93.5 cm³/mol. The van der Waals surface area contributed by atoms with Crippen LogP contribution >= 0.6 is 11.6 Å². The van der Waals surface area contributed by atoms with Gasteiger partial charge in [-0.15, -0.1) is 0 Å². The smallest absolute Gasteiger partial charge is 0.342 e. The van der Waals surface area contributed by atoms with Crippen LogP contribution in [0.3, 0.4) is 0 Å². The van der Waals surface area contributed by atoms with E-state index in [1.165, 1.54) is 5.56 Å². The zero-order chi connectivity index (χ0) is 17.7. The number of anilines is 1. The molecule has 1 aromatic heterocycles. The van der Waals surface area contributed by atoms with Crippen molar-refractivity contribution in [2.75, 3.05) is 11.9 Å². The third-order valence-corrected chi connectivity index (χ3v) is 3.76. The first-order valence-electron chi connectivity index (χ1n) is 7.60. The summed E-state index contributed by atoms with van der Waals surface area (Å²) in [5.41, 5.74) is 3.38. The Hall–Kier alpha value is -2.40. The maximum Gasteiger partial charge on any atom is 0.342 e. The number of amides is 1. The summed E-state index contributed by atoms with van der Waals surface area (Å²) in [7, 11) is 0. The number of hydrogen-bond donors (Lipinski definition) is 1. The highest BCUT2D eigenvalue weighted by Crippen LogP contribution is 2.19. The number of halogens is 1. The van der Waals surface area contributed by atoms with Gasteiger partial charge in [0, 0.05) is 11.4 Å². The van der Waals surface area contributed by atoms with E-state index in [4.69, 9.17) is 16.3 Å². The molecule has 2 aromatic rings. The molecule has 0 bridgehead atoms. The number of carbonyl (C=O) groups is 2. The summed E-state index contributed by atoms with van der Waals surface area (Å²) < 4.78 is 5.03. The number of aryl methyl sites for hydroxylation is 3. The van der Waals surface area contributed by atoms with Gasteiger partial charge >= 0.3 is 5.97 Å². The van der Waals surface area contributed by atoms with E-state index >= 15 is 0 Å². The van der Waals surface area contributed by atoms with Gasteiger partial charge in [0.1, 0.15) is 5.15 Å². The summed E-state index contributed by atoms with van der Waals surface area (Å²) >= 11 is 5.99. The molecule has 6 heteroatoms. The van der Waals surface area contributed by atoms with E-state index in [2.05, 4.69) is 17.2 Å². The molecule has 126 valence electrons. The normalized spacial score (nSPS) is 10.3. The van der Waals surface area contributed by atoms with Crippen molar-refractivity contribution in [1.82, 2.24) is 4.98 Å². The molecular weight excluding hydrogens is 328 g/mol. The molecule has 0 aliphatic heterocycles. The van der Waals surface area contributed by atoms with E-state index < -0.39 is 18.5 Å². The van der Waals surface area contributed by atoms with E-state index in [0.717, 1.165) is 6.42 Å². The van der Waals surface area contributed by atoms with Gasteiger partial charge in [0.05, 0.1) is 5.56 Å². The monoisotopic (exact) mass is 346 g/mol. The number of aromatic nitrogens is 1. The van der Waals surface area contributed by atoms with E-state index in [-0.39, 0.29) is 10.7 Å². The lowest BCUT2D eigenvalue weighted by Crippen LogP contribution is -2.21. The van der Waals surface area contributed by atoms with Gasteiger partial charge in [-0.3, -0.25) is 4.79 Å². The fourth-order valence-electron chi connectivity index (χ4n) is 2.26. The first-order chi connectivity index (χ1) is 11.4. The fraction of sp³-hybridized carbons (Fsp3) is 0.278. The van der Waals surface area contributed by atoms with E-state index in [1.54, 1.807) is 19.9 Å². The quantitative estimate of drug-likeness (QED) is 0.662. The third kappa shape index (κ3) is 4.55. The lowest BCUT2D eigenvalue weighted by Gasteiger charge is -2.10. The van der Waals surface area contributed by atoms with Crippen molar-refractivity contribution in [2.24, 2.45) is 0 Å². The van der Waals surface area contributed by atoms with Crippen molar-refractivity contribution >= 4 is 29.2 Å². The van der Waals surface area contributed by atoms with Crippen LogP contribution in [0, 0.1) is 13.8 Å². The number of benzene rings is 1. The SMILES string of the molecule is CCc1ccc(NC(=O)COC(=O)c2c(C)cc(C)nc2Cl)cc1. The minimum atomic E-state index is -0.665. The molecular formula is C18H19ClN2O3. The number of nitrogens with one attached hydrogen (secondary N) is 1. The van der Waals surface area contributed by atoms with Crippen LogP contribution in [-0.2, 0) is 16.0 Å². The molecule has 2 rings (SSSR count). The van der Waals surface area contributed by atoms with Crippen molar-refractivity contribution in [3.8, 4) is 0 Å². The zero-order valence-corrected chi connectivity index (χ0v) is 14.6. The van der Waals surface area contributed by atoms with Gasteiger partial charge in [-0.05, 0) is 49.6 Å². The lowest BCUT2D eigenvalue weighted by atomic mass is 10.1. The first kappa shape index (κ1) is 17.9. The lowest BCUT2D eigenvalue weighted by molar-refractivity contribution is -0.119. The van der Waals surface area contributed by atoms with Crippen LogP contribution in [0.5, 0.6) is 0 Å². The highest BCUT2D eigenvalue weighted by Gasteiger charge is 2.18. The molecule has 5 nitrogen and oxygen atoms in total. The number of esters is 1. The standard InChI is InChI=1S/C18H19ClN2O3/c1-4-13-5-7-14(8-6-13)21-15(22)10-24-18(23)16-11(2)9-12(3)20-17(16)19/h5-9H,4,10H2,1-3H3,(H,21,22). The van der Waals surface area contributed by atoms with Gasteiger partial charge in [0.15, 0.2) is 6.61 Å². The Morgan fingerprint density at radius 3 is 2.46 bits per heavy atom. The fourth-order valence-corrected chi connectivity index (χ4v) is 2.62. The molecule has 24 heavy (non-hydrogen) atoms. The van der Waals surface area contributed by atoms with Crippen LogP contribution in [0.25, 0.3) is 0 Å². The summed E-state index contributed by atoms with van der Waals surface area (Å²) in [4.78, 5) is 28.0. The van der Waals surface area contributed by atoms with Gasteiger partial charge < -0.3 is 10.1 Å². The zero-order valence-electron chi connectivity index (χ0n) is 13.9. The molecule has 1 N–H and O–H groups in total. The van der Waals surface area contributed by atoms with Crippen LogP contribution < -0.4 is 5.32 Å². The van der Waals surface area contributed by atoms with E-state index in [1.807, 2.05) is 24.3 Å². The third-order valence-electron chi connectivity index (χ3n) is 3.48. The molecule has 1 amide bonds. The van der Waals surface area contributed by atoms with Gasteiger partial charge in [-0.25, -0.2) is 9.78 Å². The van der Waals surface area contributed by atoms with Gasteiger partial charge in [0.25, 0.3) is 5.91 Å². The minimum Gasteiger partial charge on any atom is -0.452 e. The molecule has 0 saturated heterocycles. The number of rotatable bonds is 5.